The van der Waals surface area contributed by atoms with Crippen molar-refractivity contribution in [3.63, 3.8) is 0 Å². The lowest BCUT2D eigenvalue weighted by Gasteiger charge is -2.28. The summed E-state index contributed by atoms with van der Waals surface area (Å²) in [6.07, 6.45) is 3.31. The van der Waals surface area contributed by atoms with Crippen molar-refractivity contribution in [1.29, 1.82) is 0 Å². The standard InChI is InChI=1S/C13H15BrN4O4S/c14-9-3-4-10(15-7-9)23(21,22)16-6-8-2-1-5-13(8)11(19)17-12(20)18-13/h3-4,7-8,16H,1-2,5-6H2,(H2,17,18,19,20). The third-order valence-electron chi connectivity index (χ3n) is 4.28. The zero-order valence-corrected chi connectivity index (χ0v) is 14.4. The Morgan fingerprint density at radius 2 is 2.17 bits per heavy atom. The van der Waals surface area contributed by atoms with Crippen LogP contribution in [0.4, 0.5) is 4.79 Å². The molecule has 0 aromatic carbocycles. The molecule has 1 saturated carbocycles. The van der Waals surface area contributed by atoms with E-state index in [0.29, 0.717) is 17.3 Å². The summed E-state index contributed by atoms with van der Waals surface area (Å²) in [5, 5.41) is 4.80. The van der Waals surface area contributed by atoms with E-state index in [2.05, 4.69) is 36.3 Å². The van der Waals surface area contributed by atoms with Crippen molar-refractivity contribution in [2.75, 3.05) is 6.54 Å². The lowest BCUT2D eigenvalue weighted by atomic mass is 9.87. The third-order valence-corrected chi connectivity index (χ3v) is 6.09. The van der Waals surface area contributed by atoms with E-state index in [1.807, 2.05) is 0 Å². The molecule has 2 unspecified atom stereocenters. The van der Waals surface area contributed by atoms with Crippen molar-refractivity contribution in [2.45, 2.75) is 29.8 Å². The van der Waals surface area contributed by atoms with Gasteiger partial charge in [0.15, 0.2) is 5.03 Å². The summed E-state index contributed by atoms with van der Waals surface area (Å²) in [7, 11) is -3.77. The first kappa shape index (κ1) is 16.3. The maximum absolute atomic E-state index is 12.3. The Labute approximate surface area is 141 Å². The Morgan fingerprint density at radius 1 is 1.39 bits per heavy atom. The highest BCUT2D eigenvalue weighted by atomic mass is 79.9. The van der Waals surface area contributed by atoms with E-state index in [4.69, 9.17) is 0 Å². The average Bonchev–Trinajstić information content (AvgIpc) is 3.01. The number of sulfonamides is 1. The SMILES string of the molecule is O=C1NC(=O)C2(CCCC2CNS(=O)(=O)c2ccc(Br)cn2)N1. The van der Waals surface area contributed by atoms with Gasteiger partial charge in [0.2, 0.25) is 0 Å². The van der Waals surface area contributed by atoms with Crippen LogP contribution in [0, 0.1) is 5.92 Å². The van der Waals surface area contributed by atoms with Gasteiger partial charge in [-0.1, -0.05) is 6.42 Å². The molecule has 3 amide bonds. The quantitative estimate of drug-likeness (QED) is 0.633. The molecular formula is C13H15BrN4O4S. The minimum absolute atomic E-state index is 0.0633. The highest BCUT2D eigenvalue weighted by Gasteiger charge is 2.54. The smallest absolute Gasteiger partial charge is 0.322 e. The zero-order chi connectivity index (χ0) is 16.7. The zero-order valence-electron chi connectivity index (χ0n) is 12.0. The van der Waals surface area contributed by atoms with Gasteiger partial charge in [-0.05, 0) is 40.9 Å². The molecule has 1 aliphatic carbocycles. The van der Waals surface area contributed by atoms with Gasteiger partial charge >= 0.3 is 6.03 Å². The fourth-order valence-corrected chi connectivity index (χ4v) is 4.37. The predicted molar refractivity (Wildman–Crippen MR) is 83.9 cm³/mol. The number of hydrogen-bond donors (Lipinski definition) is 3. The predicted octanol–water partition coefficient (Wildman–Crippen LogP) is 0.501. The van der Waals surface area contributed by atoms with Crippen LogP contribution in [-0.4, -0.2) is 37.4 Å². The van der Waals surface area contributed by atoms with Crippen LogP contribution in [0.1, 0.15) is 19.3 Å². The largest absolute Gasteiger partial charge is 0.323 e. The molecule has 1 saturated heterocycles. The first-order chi connectivity index (χ1) is 10.8. The maximum atomic E-state index is 12.3. The minimum atomic E-state index is -3.77. The van der Waals surface area contributed by atoms with Crippen molar-refractivity contribution in [1.82, 2.24) is 20.3 Å². The molecule has 10 heteroatoms. The molecule has 2 fully saturated rings. The second kappa shape index (κ2) is 5.84. The van der Waals surface area contributed by atoms with E-state index in [0.717, 1.165) is 6.42 Å². The summed E-state index contributed by atoms with van der Waals surface area (Å²) in [6, 6.07) is 2.45. The van der Waals surface area contributed by atoms with Crippen LogP contribution in [-0.2, 0) is 14.8 Å². The van der Waals surface area contributed by atoms with E-state index in [9.17, 15) is 18.0 Å². The van der Waals surface area contributed by atoms with Gasteiger partial charge in [-0.3, -0.25) is 10.1 Å². The van der Waals surface area contributed by atoms with Crippen LogP contribution < -0.4 is 15.4 Å². The Balaban J connectivity index is 1.73. The number of aromatic nitrogens is 1. The molecule has 3 N–H and O–H groups in total. The van der Waals surface area contributed by atoms with E-state index in [1.54, 1.807) is 6.07 Å². The molecule has 2 atom stereocenters. The van der Waals surface area contributed by atoms with E-state index in [-0.39, 0.29) is 23.4 Å². The summed E-state index contributed by atoms with van der Waals surface area (Å²) < 4.78 is 27.7. The molecule has 2 heterocycles. The summed E-state index contributed by atoms with van der Waals surface area (Å²) >= 11 is 3.20. The lowest BCUT2D eigenvalue weighted by molar-refractivity contribution is -0.125. The molecule has 8 nitrogen and oxygen atoms in total. The Bertz CT molecular complexity index is 752. The van der Waals surface area contributed by atoms with Crippen LogP contribution >= 0.6 is 15.9 Å². The Morgan fingerprint density at radius 3 is 2.78 bits per heavy atom. The van der Waals surface area contributed by atoms with Gasteiger partial charge in [-0.2, -0.15) is 0 Å². The van der Waals surface area contributed by atoms with Crippen LogP contribution in [0.3, 0.4) is 0 Å². The molecule has 23 heavy (non-hydrogen) atoms. The molecular weight excluding hydrogens is 388 g/mol. The summed E-state index contributed by atoms with van der Waals surface area (Å²) in [6.45, 7) is 0.0633. The molecule has 1 spiro atoms. The first-order valence-corrected chi connectivity index (χ1v) is 9.36. The highest BCUT2D eigenvalue weighted by molar-refractivity contribution is 9.10. The molecule has 2 aliphatic rings. The van der Waals surface area contributed by atoms with Crippen LogP contribution in [0.2, 0.25) is 0 Å². The topological polar surface area (TPSA) is 117 Å². The number of amides is 3. The fraction of sp³-hybridized carbons (Fsp3) is 0.462. The maximum Gasteiger partial charge on any atom is 0.322 e. The van der Waals surface area contributed by atoms with Crippen LogP contribution in [0.25, 0.3) is 0 Å². The number of hydrogen-bond acceptors (Lipinski definition) is 5. The molecule has 3 rings (SSSR count). The van der Waals surface area contributed by atoms with Crippen molar-refractivity contribution >= 4 is 37.9 Å². The van der Waals surface area contributed by atoms with Crippen molar-refractivity contribution in [2.24, 2.45) is 5.92 Å². The van der Waals surface area contributed by atoms with Crippen LogP contribution in [0.15, 0.2) is 27.8 Å². The molecule has 1 aliphatic heterocycles. The van der Waals surface area contributed by atoms with Crippen LogP contribution in [0.5, 0.6) is 0 Å². The number of nitrogens with one attached hydrogen (secondary N) is 3. The number of urea groups is 1. The van der Waals surface area contributed by atoms with Gasteiger partial charge in [0.05, 0.1) is 0 Å². The summed E-state index contributed by atoms with van der Waals surface area (Å²) in [5.74, 6) is -0.676. The third kappa shape index (κ3) is 2.98. The normalized spacial score (nSPS) is 27.3. The fourth-order valence-electron chi connectivity index (χ4n) is 3.13. The minimum Gasteiger partial charge on any atom is -0.323 e. The monoisotopic (exact) mass is 402 g/mol. The number of imide groups is 1. The van der Waals surface area contributed by atoms with Crippen molar-refractivity contribution in [3.8, 4) is 0 Å². The van der Waals surface area contributed by atoms with E-state index in [1.165, 1.54) is 12.3 Å². The second-order valence-electron chi connectivity index (χ2n) is 5.64. The second-order valence-corrected chi connectivity index (χ2v) is 8.26. The van der Waals surface area contributed by atoms with Crippen molar-refractivity contribution in [3.05, 3.63) is 22.8 Å². The Hall–Kier alpha value is -1.52. The van der Waals surface area contributed by atoms with Gasteiger partial charge in [0.1, 0.15) is 5.54 Å². The van der Waals surface area contributed by atoms with E-state index >= 15 is 0 Å². The van der Waals surface area contributed by atoms with Gasteiger partial charge in [-0.25, -0.2) is 22.9 Å². The van der Waals surface area contributed by atoms with E-state index < -0.39 is 21.6 Å². The van der Waals surface area contributed by atoms with Gasteiger partial charge in [0, 0.05) is 23.1 Å². The Kier molecular flexibility index (Phi) is 4.15. The van der Waals surface area contributed by atoms with Gasteiger partial charge < -0.3 is 5.32 Å². The number of rotatable bonds is 4. The highest BCUT2D eigenvalue weighted by Crippen LogP contribution is 2.37. The number of pyridine rings is 1. The average molecular weight is 403 g/mol. The first-order valence-electron chi connectivity index (χ1n) is 7.08. The summed E-state index contributed by atoms with van der Waals surface area (Å²) in [4.78, 5) is 27.3. The molecule has 1 aromatic heterocycles. The molecule has 1 aromatic rings. The molecule has 0 radical (unpaired) electrons. The van der Waals surface area contributed by atoms with Gasteiger partial charge in [0.25, 0.3) is 15.9 Å². The van der Waals surface area contributed by atoms with Gasteiger partial charge in [-0.15, -0.1) is 0 Å². The number of carbonyl (C=O) groups is 2. The molecule has 0 bridgehead atoms. The number of nitrogens with zero attached hydrogens (tertiary/aromatic N) is 1. The number of carbonyl (C=O) groups excluding carboxylic acids is 2. The summed E-state index contributed by atoms with van der Waals surface area (Å²) in [5.41, 5.74) is -1.01. The molecule has 124 valence electrons. The van der Waals surface area contributed by atoms with Crippen molar-refractivity contribution < 1.29 is 18.0 Å². The lowest BCUT2D eigenvalue weighted by Crippen LogP contribution is -2.53. The number of halogens is 1.